The summed E-state index contributed by atoms with van der Waals surface area (Å²) in [4.78, 5) is 36.1. The van der Waals surface area contributed by atoms with Crippen molar-refractivity contribution in [1.82, 2.24) is 24.7 Å². The number of nitrogens with one attached hydrogen (secondary N) is 2. The summed E-state index contributed by atoms with van der Waals surface area (Å²) < 4.78 is 1.74. The van der Waals surface area contributed by atoms with Gasteiger partial charge in [0.25, 0.3) is 11.5 Å². The zero-order valence-corrected chi connectivity index (χ0v) is 13.5. The van der Waals surface area contributed by atoms with Crippen molar-refractivity contribution in [3.8, 4) is 11.3 Å². The summed E-state index contributed by atoms with van der Waals surface area (Å²) in [6, 6.07) is 10.7. The number of pyridine rings is 1. The van der Waals surface area contributed by atoms with Crippen LogP contribution in [0, 0.1) is 0 Å². The molecule has 1 aliphatic rings. The van der Waals surface area contributed by atoms with Gasteiger partial charge in [0.1, 0.15) is 0 Å². The van der Waals surface area contributed by atoms with Crippen LogP contribution in [0.15, 0.2) is 66.0 Å². The fourth-order valence-electron chi connectivity index (χ4n) is 3.49. The second-order valence-electron chi connectivity index (χ2n) is 6.07. The van der Waals surface area contributed by atoms with Crippen LogP contribution in [0.25, 0.3) is 16.9 Å². The van der Waals surface area contributed by atoms with Crippen LogP contribution in [-0.4, -0.2) is 25.3 Å². The molecule has 1 unspecified atom stereocenters. The molecule has 1 amide bonds. The number of carbonyl (C=O) groups excluding carboxylic acids is 1. The molecule has 7 nitrogen and oxygen atoms in total. The van der Waals surface area contributed by atoms with Crippen molar-refractivity contribution in [2.75, 3.05) is 0 Å². The minimum Gasteiger partial charge on any atom is -0.339 e. The van der Waals surface area contributed by atoms with E-state index in [2.05, 4.69) is 20.3 Å². The van der Waals surface area contributed by atoms with Gasteiger partial charge in [-0.1, -0.05) is 24.3 Å². The van der Waals surface area contributed by atoms with Gasteiger partial charge in [-0.05, 0) is 17.7 Å². The third kappa shape index (κ3) is 2.00. The Balaban J connectivity index is 1.70. The van der Waals surface area contributed by atoms with Gasteiger partial charge in [0, 0.05) is 30.4 Å². The number of rotatable bonds is 2. The molecule has 5 rings (SSSR count). The van der Waals surface area contributed by atoms with Crippen LogP contribution < -0.4 is 10.9 Å². The number of H-pyrrole nitrogens is 1. The van der Waals surface area contributed by atoms with E-state index in [1.54, 1.807) is 35.1 Å². The van der Waals surface area contributed by atoms with Crippen molar-refractivity contribution < 1.29 is 4.79 Å². The minimum absolute atomic E-state index is 0.231. The van der Waals surface area contributed by atoms with Gasteiger partial charge >= 0.3 is 0 Å². The molecule has 26 heavy (non-hydrogen) atoms. The van der Waals surface area contributed by atoms with Crippen molar-refractivity contribution in [2.24, 2.45) is 0 Å². The highest BCUT2D eigenvalue weighted by atomic mass is 16.1. The molecular formula is C19H13N5O2. The van der Waals surface area contributed by atoms with Crippen LogP contribution in [0.3, 0.4) is 0 Å². The van der Waals surface area contributed by atoms with Gasteiger partial charge in [-0.2, -0.15) is 0 Å². The Morgan fingerprint density at radius 2 is 2.04 bits per heavy atom. The van der Waals surface area contributed by atoms with Crippen molar-refractivity contribution in [3.63, 3.8) is 0 Å². The van der Waals surface area contributed by atoms with E-state index >= 15 is 0 Å². The van der Waals surface area contributed by atoms with Crippen LogP contribution in [-0.2, 0) is 0 Å². The third-order valence-corrected chi connectivity index (χ3v) is 4.61. The molecule has 1 aliphatic carbocycles. The van der Waals surface area contributed by atoms with Crippen molar-refractivity contribution in [3.05, 3.63) is 88.4 Å². The van der Waals surface area contributed by atoms with E-state index < -0.39 is 6.04 Å². The zero-order valence-electron chi connectivity index (χ0n) is 13.5. The number of aromatic amines is 1. The first kappa shape index (κ1) is 14.6. The average molecular weight is 343 g/mol. The van der Waals surface area contributed by atoms with Gasteiger partial charge in [-0.3, -0.25) is 19.0 Å². The molecule has 3 aromatic heterocycles. The van der Waals surface area contributed by atoms with Crippen molar-refractivity contribution in [2.45, 2.75) is 6.04 Å². The average Bonchev–Trinajstić information content (AvgIpc) is 3.27. The largest absolute Gasteiger partial charge is 0.339 e. The van der Waals surface area contributed by atoms with Crippen LogP contribution in [0.4, 0.5) is 0 Å². The molecule has 1 aromatic carbocycles. The zero-order chi connectivity index (χ0) is 17.7. The number of carbonyl (C=O) groups is 1. The van der Waals surface area contributed by atoms with Gasteiger partial charge in [-0.25, -0.2) is 4.98 Å². The molecule has 0 radical (unpaired) electrons. The van der Waals surface area contributed by atoms with E-state index in [0.29, 0.717) is 16.9 Å². The molecule has 0 saturated heterocycles. The normalized spacial score (nSPS) is 14.8. The van der Waals surface area contributed by atoms with Gasteiger partial charge in [0.15, 0.2) is 0 Å². The number of hydrogen-bond acceptors (Lipinski definition) is 4. The van der Waals surface area contributed by atoms with E-state index in [1.165, 1.54) is 6.20 Å². The van der Waals surface area contributed by atoms with Gasteiger partial charge in [0.2, 0.25) is 5.65 Å². The second-order valence-corrected chi connectivity index (χ2v) is 6.07. The fraction of sp³-hybridized carbons (Fsp3) is 0.0526. The van der Waals surface area contributed by atoms with Crippen molar-refractivity contribution in [1.29, 1.82) is 0 Å². The Kier molecular flexibility index (Phi) is 3.02. The van der Waals surface area contributed by atoms with Gasteiger partial charge in [0.05, 0.1) is 23.0 Å². The van der Waals surface area contributed by atoms with E-state index in [4.69, 9.17) is 0 Å². The number of nitrogens with zero attached hydrogens (tertiary/aromatic N) is 3. The van der Waals surface area contributed by atoms with E-state index in [0.717, 1.165) is 16.8 Å². The molecule has 4 aromatic rings. The summed E-state index contributed by atoms with van der Waals surface area (Å²) in [5.74, 6) is -0.231. The first-order chi connectivity index (χ1) is 12.7. The molecule has 1 atom stereocenters. The van der Waals surface area contributed by atoms with Crippen LogP contribution >= 0.6 is 0 Å². The lowest BCUT2D eigenvalue weighted by molar-refractivity contribution is 0.0942. The van der Waals surface area contributed by atoms with Crippen molar-refractivity contribution >= 4 is 11.6 Å². The summed E-state index contributed by atoms with van der Waals surface area (Å²) in [6.07, 6.45) is 6.46. The minimum atomic E-state index is -0.401. The molecule has 0 aliphatic heterocycles. The number of fused-ring (bicyclic) bond motifs is 5. The lowest BCUT2D eigenvalue weighted by atomic mass is 10.1. The maximum atomic E-state index is 12.7. The molecule has 7 heteroatoms. The molecule has 126 valence electrons. The highest BCUT2D eigenvalue weighted by Crippen LogP contribution is 2.41. The summed E-state index contributed by atoms with van der Waals surface area (Å²) in [6.45, 7) is 0. The SMILES string of the molecule is O=C(NC1c2ccccc2-c2[nH]c(=O)c3nccn3c21)c1cccnc1. The standard InChI is InChI=1S/C19H13N5O2/c25-18(11-4-3-7-20-10-11)22-14-12-5-1-2-6-13(12)15-16(14)24-9-8-21-17(24)19(26)23-15/h1-10,14H,(H,22,25)(H,23,26). The molecule has 2 N–H and O–H groups in total. The van der Waals surface area contributed by atoms with E-state index in [9.17, 15) is 9.59 Å². The van der Waals surface area contributed by atoms with Gasteiger partial charge in [-0.15, -0.1) is 0 Å². The highest BCUT2D eigenvalue weighted by molar-refractivity contribution is 5.95. The highest BCUT2D eigenvalue weighted by Gasteiger charge is 2.33. The number of benzene rings is 1. The molecule has 3 heterocycles. The summed E-state index contributed by atoms with van der Waals surface area (Å²) >= 11 is 0. The fourth-order valence-corrected chi connectivity index (χ4v) is 3.49. The first-order valence-corrected chi connectivity index (χ1v) is 8.13. The second kappa shape index (κ2) is 5.38. The molecular weight excluding hydrogens is 330 g/mol. The Morgan fingerprint density at radius 3 is 2.88 bits per heavy atom. The van der Waals surface area contributed by atoms with E-state index in [-0.39, 0.29) is 11.5 Å². The quantitative estimate of drug-likeness (QED) is 0.582. The smallest absolute Gasteiger partial charge is 0.292 e. The number of aromatic nitrogens is 4. The Morgan fingerprint density at radius 1 is 1.15 bits per heavy atom. The molecule has 0 saturated carbocycles. The van der Waals surface area contributed by atoms with Crippen LogP contribution in [0.1, 0.15) is 27.7 Å². The summed E-state index contributed by atoms with van der Waals surface area (Å²) in [7, 11) is 0. The lowest BCUT2D eigenvalue weighted by Gasteiger charge is -2.16. The number of hydrogen-bond donors (Lipinski definition) is 2. The Labute approximate surface area is 147 Å². The first-order valence-electron chi connectivity index (χ1n) is 8.13. The molecule has 0 fully saturated rings. The monoisotopic (exact) mass is 343 g/mol. The van der Waals surface area contributed by atoms with Crippen LogP contribution in [0.5, 0.6) is 0 Å². The number of imidazole rings is 1. The predicted molar refractivity (Wildman–Crippen MR) is 94.8 cm³/mol. The maximum absolute atomic E-state index is 12.7. The maximum Gasteiger partial charge on any atom is 0.292 e. The predicted octanol–water partition coefficient (Wildman–Crippen LogP) is 1.92. The number of amides is 1. The van der Waals surface area contributed by atoms with Crippen LogP contribution in [0.2, 0.25) is 0 Å². The lowest BCUT2D eigenvalue weighted by Crippen LogP contribution is -2.30. The Bertz CT molecular complexity index is 1210. The third-order valence-electron chi connectivity index (χ3n) is 4.61. The summed E-state index contributed by atoms with van der Waals surface area (Å²) in [5.41, 5.74) is 3.83. The molecule has 0 spiro atoms. The topological polar surface area (TPSA) is 92.1 Å². The van der Waals surface area contributed by atoms with E-state index in [1.807, 2.05) is 24.3 Å². The Hall–Kier alpha value is -3.74. The van der Waals surface area contributed by atoms with Gasteiger partial charge < -0.3 is 10.3 Å². The molecule has 0 bridgehead atoms. The summed E-state index contributed by atoms with van der Waals surface area (Å²) in [5, 5.41) is 3.06.